The molecule has 0 aliphatic rings. The number of fused-ring (bicyclic) bond motifs is 3. The van der Waals surface area contributed by atoms with Gasteiger partial charge in [0, 0.05) is 44.5 Å². The zero-order chi connectivity index (χ0) is 50.7. The van der Waals surface area contributed by atoms with Gasteiger partial charge in [0.15, 0.2) is 17.5 Å². The number of furan rings is 1. The van der Waals surface area contributed by atoms with Crippen LogP contribution in [0.25, 0.3) is 67.2 Å². The Bertz CT molecular complexity index is 3530. The fourth-order valence-electron chi connectivity index (χ4n) is 5.28. The lowest BCUT2D eigenvalue weighted by atomic mass is 9.97. The predicted molar refractivity (Wildman–Crippen MR) is 204 cm³/mol. The average Bonchev–Trinajstić information content (AvgIpc) is 3.76. The number of rotatable bonds is 7. The van der Waals surface area contributed by atoms with Gasteiger partial charge in [-0.3, -0.25) is 0 Å². The maximum Gasteiger partial charge on any atom is 0.164 e. The van der Waals surface area contributed by atoms with Crippen LogP contribution < -0.4 is 4.90 Å². The van der Waals surface area contributed by atoms with E-state index in [2.05, 4.69) is 0 Å². The van der Waals surface area contributed by atoms with Crippen LogP contribution in [0.3, 0.4) is 0 Å². The number of anilines is 3. The van der Waals surface area contributed by atoms with Crippen molar-refractivity contribution in [1.29, 1.82) is 0 Å². The van der Waals surface area contributed by atoms with Gasteiger partial charge in [-0.1, -0.05) is 127 Å². The standard InChI is InChI=1S/C45H30N4O/c1-5-15-32(16-6-1)43-46-44(33-17-7-2-8-18-33)48-45(47-43)39-29-34(30-41-42(39)38-23-13-14-24-40(38)50-41)31-25-27-37(28-26-31)49(35-19-9-3-10-20-35)36-21-11-4-12-22-36/h1-30H/i3D,4D,9D,10D,11D,12D,13D,14D,19D,20D,21D,22D,23D,24D,25D,26D,27D,28D,29D,30D. The summed E-state index contributed by atoms with van der Waals surface area (Å²) < 4.78 is 184. The second-order valence-electron chi connectivity index (χ2n) is 10.6. The number of aromatic nitrogens is 3. The molecule has 2 aromatic heterocycles. The van der Waals surface area contributed by atoms with Crippen LogP contribution in [-0.2, 0) is 0 Å². The van der Waals surface area contributed by atoms with Gasteiger partial charge >= 0.3 is 0 Å². The minimum absolute atomic E-state index is 0.0807. The molecule has 0 unspecified atom stereocenters. The maximum absolute atomic E-state index is 9.95. The van der Waals surface area contributed by atoms with Crippen molar-refractivity contribution in [3.63, 3.8) is 0 Å². The van der Waals surface area contributed by atoms with E-state index in [4.69, 9.17) is 38.6 Å². The molecule has 7 aromatic carbocycles. The third kappa shape index (κ3) is 5.47. The Morgan fingerprint density at radius 2 is 0.960 bits per heavy atom. The lowest BCUT2D eigenvalue weighted by molar-refractivity contribution is 0.669. The van der Waals surface area contributed by atoms with Crippen LogP contribution in [0.2, 0.25) is 0 Å². The summed E-state index contributed by atoms with van der Waals surface area (Å²) in [5.74, 6) is -0.131. The van der Waals surface area contributed by atoms with Crippen molar-refractivity contribution in [3.8, 4) is 45.3 Å². The van der Waals surface area contributed by atoms with E-state index in [1.165, 1.54) is 0 Å². The summed E-state index contributed by atoms with van der Waals surface area (Å²) in [7, 11) is 0. The van der Waals surface area contributed by atoms with Crippen molar-refractivity contribution < 1.29 is 31.8 Å². The molecule has 0 aliphatic heterocycles. The summed E-state index contributed by atoms with van der Waals surface area (Å²) in [6.07, 6.45) is 0. The summed E-state index contributed by atoms with van der Waals surface area (Å²) in [6, 6.07) is -0.694. The van der Waals surface area contributed by atoms with E-state index in [0.29, 0.717) is 16.0 Å². The third-order valence-corrected chi connectivity index (χ3v) is 7.50. The Morgan fingerprint density at radius 1 is 0.440 bits per heavy atom. The van der Waals surface area contributed by atoms with E-state index in [1.807, 2.05) is 0 Å². The van der Waals surface area contributed by atoms with Crippen molar-refractivity contribution >= 4 is 39.0 Å². The van der Waals surface area contributed by atoms with Crippen LogP contribution >= 0.6 is 0 Å². The Labute approximate surface area is 317 Å². The van der Waals surface area contributed by atoms with Crippen LogP contribution in [0, 0.1) is 0 Å². The molecule has 0 saturated carbocycles. The fourth-order valence-corrected chi connectivity index (χ4v) is 5.28. The third-order valence-electron chi connectivity index (χ3n) is 7.50. The smallest absolute Gasteiger partial charge is 0.164 e. The van der Waals surface area contributed by atoms with Crippen molar-refractivity contribution in [1.82, 2.24) is 15.0 Å². The van der Waals surface area contributed by atoms with Crippen LogP contribution in [0.5, 0.6) is 0 Å². The largest absolute Gasteiger partial charge is 0.456 e. The summed E-state index contributed by atoms with van der Waals surface area (Å²) in [6.45, 7) is 0. The molecule has 2 heterocycles. The molecular formula is C45H30N4O. The summed E-state index contributed by atoms with van der Waals surface area (Å²) in [4.78, 5) is 14.7. The van der Waals surface area contributed by atoms with Gasteiger partial charge in [0.25, 0.3) is 0 Å². The monoisotopic (exact) mass is 662 g/mol. The van der Waals surface area contributed by atoms with Gasteiger partial charge in [-0.15, -0.1) is 0 Å². The second kappa shape index (κ2) is 12.6. The number of hydrogen-bond donors (Lipinski definition) is 0. The summed E-state index contributed by atoms with van der Waals surface area (Å²) >= 11 is 0. The highest BCUT2D eigenvalue weighted by atomic mass is 16.3. The molecular weight excluding hydrogens is 613 g/mol. The van der Waals surface area contributed by atoms with Gasteiger partial charge in [-0.25, -0.2) is 15.0 Å². The normalized spacial score (nSPS) is 16.8. The van der Waals surface area contributed by atoms with Crippen LogP contribution in [0.15, 0.2) is 186 Å². The van der Waals surface area contributed by atoms with E-state index in [0.717, 1.165) is 0 Å². The molecule has 5 heteroatoms. The Kier molecular flexibility index (Phi) is 3.83. The number of hydrogen-bond acceptors (Lipinski definition) is 5. The molecule has 0 aliphatic carbocycles. The van der Waals surface area contributed by atoms with Crippen molar-refractivity contribution in [2.45, 2.75) is 0 Å². The number of nitrogens with zero attached hydrogens (tertiary/aromatic N) is 4. The van der Waals surface area contributed by atoms with Gasteiger partial charge in [0.1, 0.15) is 11.2 Å². The molecule has 50 heavy (non-hydrogen) atoms. The van der Waals surface area contributed by atoms with E-state index in [1.54, 1.807) is 60.7 Å². The first-order valence-corrected chi connectivity index (χ1v) is 15.0. The first-order chi connectivity index (χ1) is 33.1. The number of para-hydroxylation sites is 3. The topological polar surface area (TPSA) is 55.1 Å². The fraction of sp³-hybridized carbons (Fsp3) is 0. The Morgan fingerprint density at radius 3 is 1.56 bits per heavy atom. The highest BCUT2D eigenvalue weighted by Gasteiger charge is 2.20. The van der Waals surface area contributed by atoms with E-state index < -0.39 is 160 Å². The average molecular weight is 663 g/mol. The maximum atomic E-state index is 9.95. The summed E-state index contributed by atoms with van der Waals surface area (Å²) in [5.41, 5.74) is -4.43. The van der Waals surface area contributed by atoms with Crippen LogP contribution in [0.1, 0.15) is 27.4 Å². The molecule has 0 atom stereocenters. The van der Waals surface area contributed by atoms with Gasteiger partial charge in [-0.05, 0) is 65.5 Å². The molecule has 0 radical (unpaired) electrons. The van der Waals surface area contributed by atoms with Gasteiger partial charge < -0.3 is 9.32 Å². The lowest BCUT2D eigenvalue weighted by Gasteiger charge is -2.25. The van der Waals surface area contributed by atoms with Crippen molar-refractivity contribution in [2.24, 2.45) is 0 Å². The lowest BCUT2D eigenvalue weighted by Crippen LogP contribution is -2.09. The minimum atomic E-state index is -1.09. The van der Waals surface area contributed by atoms with Crippen LogP contribution in [-0.4, -0.2) is 15.0 Å². The zero-order valence-electron chi connectivity index (χ0n) is 45.5. The molecule has 0 spiro atoms. The van der Waals surface area contributed by atoms with E-state index in [-0.39, 0.29) is 33.8 Å². The first kappa shape index (κ1) is 15.1. The molecule has 0 amide bonds. The molecule has 0 N–H and O–H groups in total. The highest BCUT2D eigenvalue weighted by molar-refractivity contribution is 6.13. The van der Waals surface area contributed by atoms with Crippen LogP contribution in [0.4, 0.5) is 17.1 Å². The molecule has 0 bridgehead atoms. The highest BCUT2D eigenvalue weighted by Crippen LogP contribution is 2.41. The molecule has 9 rings (SSSR count). The van der Waals surface area contributed by atoms with Crippen molar-refractivity contribution in [2.75, 3.05) is 4.90 Å². The van der Waals surface area contributed by atoms with E-state index in [9.17, 15) is 8.22 Å². The van der Waals surface area contributed by atoms with E-state index >= 15 is 0 Å². The number of benzene rings is 7. The summed E-state index contributed by atoms with van der Waals surface area (Å²) in [5, 5.41) is -0.499. The zero-order valence-corrected chi connectivity index (χ0v) is 25.5. The Balaban J connectivity index is 1.44. The first-order valence-electron chi connectivity index (χ1n) is 25.0. The van der Waals surface area contributed by atoms with Gasteiger partial charge in [0.2, 0.25) is 0 Å². The molecule has 236 valence electrons. The SMILES string of the molecule is [2H]c1c([2H])c([2H])c(N(c2c([2H])c([2H])c([2H])c([2H])c2[2H])c2c([2H])c([2H])c(-c3c([2H])c(-c4nc(-c5ccccc5)nc(-c5ccccc5)n4)c4c(oc5c([2H])c([2H])c([2H])c([2H])c54)c3[2H])c([2H])c2[2H])c([2H])c1[2H]. The molecule has 9 aromatic rings. The predicted octanol–water partition coefficient (Wildman–Crippen LogP) is 11.9. The quantitative estimate of drug-likeness (QED) is 0.170. The Hall–Kier alpha value is -6.85. The van der Waals surface area contributed by atoms with Gasteiger partial charge in [0.05, 0.1) is 27.4 Å². The minimum Gasteiger partial charge on any atom is -0.456 e. The van der Waals surface area contributed by atoms with Gasteiger partial charge in [-0.2, -0.15) is 0 Å². The molecule has 0 saturated heterocycles. The molecule has 0 fully saturated rings. The van der Waals surface area contributed by atoms with Crippen molar-refractivity contribution in [3.05, 3.63) is 182 Å². The molecule has 5 nitrogen and oxygen atoms in total. The second-order valence-corrected chi connectivity index (χ2v) is 10.6.